The van der Waals surface area contributed by atoms with E-state index >= 15 is 0 Å². The van der Waals surface area contributed by atoms with Crippen molar-refractivity contribution >= 4 is 17.4 Å². The lowest BCUT2D eigenvalue weighted by molar-refractivity contribution is 0.193. The van der Waals surface area contributed by atoms with E-state index in [0.717, 1.165) is 35.7 Å². The Morgan fingerprint density at radius 1 is 0.926 bits per heavy atom. The van der Waals surface area contributed by atoms with E-state index in [-0.39, 0.29) is 11.9 Å². The molecule has 2 aliphatic rings. The number of hydrogen-bond acceptors (Lipinski definition) is 4. The molecule has 1 saturated heterocycles. The monoisotopic (exact) mass is 362 g/mol. The zero-order valence-corrected chi connectivity index (χ0v) is 15.1. The molecule has 1 saturated carbocycles. The second-order valence-corrected chi connectivity index (χ2v) is 7.42. The minimum Gasteiger partial charge on any atom is -0.324 e. The highest BCUT2D eigenvalue weighted by atomic mass is 16.2. The van der Waals surface area contributed by atoms with Gasteiger partial charge in [-0.3, -0.25) is 0 Å². The summed E-state index contributed by atoms with van der Waals surface area (Å²) in [6.07, 6.45) is 4.20. The van der Waals surface area contributed by atoms with E-state index in [1.807, 2.05) is 45.8 Å². The number of carbonyl (C=O) groups is 1. The van der Waals surface area contributed by atoms with Gasteiger partial charge in [0, 0.05) is 30.6 Å². The van der Waals surface area contributed by atoms with Crippen molar-refractivity contribution in [1.29, 1.82) is 0 Å². The van der Waals surface area contributed by atoms with Crippen LogP contribution in [0.15, 0.2) is 42.5 Å². The van der Waals surface area contributed by atoms with Crippen LogP contribution in [0.4, 0.5) is 10.5 Å². The summed E-state index contributed by atoms with van der Waals surface area (Å²) < 4.78 is 1.91. The Kier molecular flexibility index (Phi) is 3.99. The van der Waals surface area contributed by atoms with E-state index in [2.05, 4.69) is 21.6 Å². The van der Waals surface area contributed by atoms with Crippen LogP contribution in [0, 0.1) is 0 Å². The number of likely N-dealkylation sites (tertiary alicyclic amines) is 1. The number of hydrogen-bond donors (Lipinski definition) is 1. The standard InChI is InChI=1S/C20H22N6O/c27-20(21-16-4-2-1-3-5-16)25-12-10-15(11-13-25)19-23-22-18-9-8-17(14-6-7-14)24-26(18)19/h1-5,8-9,14-15H,6-7,10-13H2,(H,21,27). The first-order valence-electron chi connectivity index (χ1n) is 9.61. The molecule has 27 heavy (non-hydrogen) atoms. The van der Waals surface area contributed by atoms with Crippen molar-refractivity contribution in [1.82, 2.24) is 24.7 Å². The fourth-order valence-electron chi connectivity index (χ4n) is 3.74. The molecule has 3 heterocycles. The van der Waals surface area contributed by atoms with Gasteiger partial charge in [-0.05, 0) is 49.9 Å². The Balaban J connectivity index is 1.27. The highest BCUT2D eigenvalue weighted by Gasteiger charge is 2.29. The molecule has 3 aromatic rings. The molecular formula is C20H22N6O. The maximum absolute atomic E-state index is 12.5. The number of nitrogens with one attached hydrogen (secondary N) is 1. The van der Waals surface area contributed by atoms with E-state index in [4.69, 9.17) is 5.10 Å². The molecule has 1 aromatic carbocycles. The highest BCUT2D eigenvalue weighted by molar-refractivity contribution is 5.89. The van der Waals surface area contributed by atoms with Crippen molar-refractivity contribution in [2.24, 2.45) is 0 Å². The maximum Gasteiger partial charge on any atom is 0.321 e. The predicted octanol–water partition coefficient (Wildman–Crippen LogP) is 3.41. The Labute approximate surface area is 157 Å². The van der Waals surface area contributed by atoms with Gasteiger partial charge in [0.25, 0.3) is 0 Å². The molecule has 2 amide bonds. The zero-order chi connectivity index (χ0) is 18.2. The number of amides is 2. The quantitative estimate of drug-likeness (QED) is 0.775. The lowest BCUT2D eigenvalue weighted by Crippen LogP contribution is -2.40. The van der Waals surface area contributed by atoms with Crippen molar-refractivity contribution in [2.45, 2.75) is 37.5 Å². The van der Waals surface area contributed by atoms with Crippen LogP contribution in [0.2, 0.25) is 0 Å². The minimum atomic E-state index is -0.0418. The second kappa shape index (κ2) is 6.64. The number of rotatable bonds is 3. The number of benzene rings is 1. The molecule has 0 radical (unpaired) electrons. The number of para-hydroxylation sites is 1. The molecule has 2 fully saturated rings. The van der Waals surface area contributed by atoms with E-state index in [1.165, 1.54) is 12.8 Å². The molecule has 7 nitrogen and oxygen atoms in total. The number of urea groups is 1. The third kappa shape index (κ3) is 3.25. The molecule has 1 N–H and O–H groups in total. The second-order valence-electron chi connectivity index (χ2n) is 7.42. The molecule has 1 aliphatic carbocycles. The smallest absolute Gasteiger partial charge is 0.321 e. The first-order valence-corrected chi connectivity index (χ1v) is 9.61. The van der Waals surface area contributed by atoms with Gasteiger partial charge >= 0.3 is 6.03 Å². The number of nitrogens with zero attached hydrogens (tertiary/aromatic N) is 5. The molecule has 7 heteroatoms. The Hall–Kier alpha value is -2.96. The van der Waals surface area contributed by atoms with Gasteiger partial charge in [-0.1, -0.05) is 18.2 Å². The van der Waals surface area contributed by atoms with Crippen LogP contribution < -0.4 is 5.32 Å². The average Bonchev–Trinajstić information content (AvgIpc) is 3.48. The number of carbonyl (C=O) groups excluding carboxylic acids is 1. The molecule has 2 aromatic heterocycles. The summed E-state index contributed by atoms with van der Waals surface area (Å²) in [4.78, 5) is 14.3. The van der Waals surface area contributed by atoms with Crippen LogP contribution in [0.25, 0.3) is 5.65 Å². The number of piperidine rings is 1. The highest BCUT2D eigenvalue weighted by Crippen LogP contribution is 2.39. The zero-order valence-electron chi connectivity index (χ0n) is 15.1. The van der Waals surface area contributed by atoms with Gasteiger partial charge in [0.15, 0.2) is 11.5 Å². The van der Waals surface area contributed by atoms with Crippen LogP contribution in [-0.4, -0.2) is 43.8 Å². The SMILES string of the molecule is O=C(Nc1ccccc1)N1CCC(c2nnc3ccc(C4CC4)nn23)CC1. The number of aromatic nitrogens is 4. The Bertz CT molecular complexity index is 957. The maximum atomic E-state index is 12.5. The third-order valence-corrected chi connectivity index (χ3v) is 5.48. The molecular weight excluding hydrogens is 340 g/mol. The van der Waals surface area contributed by atoms with Gasteiger partial charge in [-0.25, -0.2) is 4.79 Å². The van der Waals surface area contributed by atoms with Crippen LogP contribution >= 0.6 is 0 Å². The average molecular weight is 362 g/mol. The molecule has 0 atom stereocenters. The van der Waals surface area contributed by atoms with Gasteiger partial charge in [-0.2, -0.15) is 9.61 Å². The lowest BCUT2D eigenvalue weighted by atomic mass is 9.96. The molecule has 0 spiro atoms. The predicted molar refractivity (Wildman–Crippen MR) is 102 cm³/mol. The number of anilines is 1. The summed E-state index contributed by atoms with van der Waals surface area (Å²) in [7, 11) is 0. The van der Waals surface area contributed by atoms with Crippen molar-refractivity contribution < 1.29 is 4.79 Å². The van der Waals surface area contributed by atoms with Gasteiger partial charge in [-0.15, -0.1) is 10.2 Å². The van der Waals surface area contributed by atoms with Crippen molar-refractivity contribution in [3.63, 3.8) is 0 Å². The van der Waals surface area contributed by atoms with Gasteiger partial charge in [0.1, 0.15) is 0 Å². The van der Waals surface area contributed by atoms with Gasteiger partial charge in [0.2, 0.25) is 0 Å². The van der Waals surface area contributed by atoms with Crippen LogP contribution in [0.3, 0.4) is 0 Å². The third-order valence-electron chi connectivity index (χ3n) is 5.48. The summed E-state index contributed by atoms with van der Waals surface area (Å²) >= 11 is 0. The topological polar surface area (TPSA) is 75.4 Å². The van der Waals surface area contributed by atoms with E-state index < -0.39 is 0 Å². The summed E-state index contributed by atoms with van der Waals surface area (Å²) in [6.45, 7) is 1.42. The molecule has 5 rings (SSSR count). The molecule has 138 valence electrons. The fourth-order valence-corrected chi connectivity index (χ4v) is 3.74. The Morgan fingerprint density at radius 3 is 2.44 bits per heavy atom. The molecule has 0 bridgehead atoms. The largest absolute Gasteiger partial charge is 0.324 e. The van der Waals surface area contributed by atoms with Crippen molar-refractivity contribution in [3.8, 4) is 0 Å². The normalized spacial score (nSPS) is 18.0. The lowest BCUT2D eigenvalue weighted by Gasteiger charge is -2.31. The van der Waals surface area contributed by atoms with E-state index in [9.17, 15) is 4.79 Å². The molecule has 1 aliphatic heterocycles. The summed E-state index contributed by atoms with van der Waals surface area (Å²) in [5.41, 5.74) is 2.77. The van der Waals surface area contributed by atoms with E-state index in [0.29, 0.717) is 19.0 Å². The number of fused-ring (bicyclic) bond motifs is 1. The summed E-state index contributed by atoms with van der Waals surface area (Å²) in [6, 6.07) is 13.6. The minimum absolute atomic E-state index is 0.0418. The van der Waals surface area contributed by atoms with Crippen molar-refractivity contribution in [2.75, 3.05) is 18.4 Å². The molecule has 0 unspecified atom stereocenters. The van der Waals surface area contributed by atoms with Crippen LogP contribution in [-0.2, 0) is 0 Å². The van der Waals surface area contributed by atoms with Crippen molar-refractivity contribution in [3.05, 3.63) is 54.0 Å². The fraction of sp³-hybridized carbons (Fsp3) is 0.400. The Morgan fingerprint density at radius 2 is 1.70 bits per heavy atom. The summed E-state index contributed by atoms with van der Waals surface area (Å²) in [5.74, 6) is 1.81. The van der Waals surface area contributed by atoms with Crippen LogP contribution in [0.1, 0.15) is 49.0 Å². The summed E-state index contributed by atoms with van der Waals surface area (Å²) in [5, 5.41) is 16.4. The van der Waals surface area contributed by atoms with Gasteiger partial charge in [0.05, 0.1) is 5.69 Å². The first kappa shape index (κ1) is 16.2. The van der Waals surface area contributed by atoms with E-state index in [1.54, 1.807) is 0 Å². The first-order chi connectivity index (χ1) is 13.3. The van der Waals surface area contributed by atoms with Crippen LogP contribution in [0.5, 0.6) is 0 Å². The van der Waals surface area contributed by atoms with Gasteiger partial charge < -0.3 is 10.2 Å².